The van der Waals surface area contributed by atoms with E-state index in [-0.39, 0.29) is 11.5 Å². The number of nitrogens with one attached hydrogen (secondary N) is 2. The molecular formula is C16H15ClN4O2S. The molecule has 2 N–H and O–H groups in total. The Balaban J connectivity index is 2.11. The van der Waals surface area contributed by atoms with E-state index in [1.165, 1.54) is 0 Å². The molecule has 1 aromatic carbocycles. The molecule has 0 fully saturated rings. The van der Waals surface area contributed by atoms with Crippen LogP contribution in [0.15, 0.2) is 34.2 Å². The molecule has 0 aliphatic heterocycles. The molecule has 2 rings (SSSR count). The normalized spacial score (nSPS) is 11.6. The molecule has 1 heterocycles. The van der Waals surface area contributed by atoms with Gasteiger partial charge < -0.3 is 10.3 Å². The van der Waals surface area contributed by atoms with Crippen molar-refractivity contribution in [1.82, 2.24) is 9.97 Å². The lowest BCUT2D eigenvalue weighted by Crippen LogP contribution is -2.24. The molecule has 6 nitrogen and oxygen atoms in total. The molecule has 124 valence electrons. The predicted molar refractivity (Wildman–Crippen MR) is 94.4 cm³/mol. The van der Waals surface area contributed by atoms with Gasteiger partial charge in [0, 0.05) is 10.7 Å². The lowest BCUT2D eigenvalue weighted by atomic mass is 10.2. The van der Waals surface area contributed by atoms with Crippen LogP contribution in [-0.4, -0.2) is 21.1 Å². The van der Waals surface area contributed by atoms with E-state index < -0.39 is 10.8 Å². The van der Waals surface area contributed by atoms with E-state index in [1.807, 2.05) is 13.0 Å². The standard InChI is InChI=1S/C16H15ClN4O2S/c1-3-13-12(8-18)15(23)21-16(20-13)24-9(2)14(22)19-11-6-4-10(17)5-7-11/h4-7,9H,3H2,1-2H3,(H,19,22)(H,20,21,23)/t9-/m0/s1. The summed E-state index contributed by atoms with van der Waals surface area (Å²) in [5.41, 5.74) is 0.582. The quantitative estimate of drug-likeness (QED) is 0.629. The van der Waals surface area contributed by atoms with Gasteiger partial charge in [0.15, 0.2) is 5.16 Å². The number of aromatic nitrogens is 2. The van der Waals surface area contributed by atoms with Crippen molar-refractivity contribution in [3.05, 3.63) is 50.9 Å². The molecule has 0 saturated carbocycles. The van der Waals surface area contributed by atoms with Crippen LogP contribution in [0, 0.1) is 11.3 Å². The highest BCUT2D eigenvalue weighted by atomic mass is 35.5. The van der Waals surface area contributed by atoms with Gasteiger partial charge in [-0.3, -0.25) is 9.59 Å². The number of anilines is 1. The smallest absolute Gasteiger partial charge is 0.269 e. The number of aryl methyl sites for hydroxylation is 1. The number of hydrogen-bond donors (Lipinski definition) is 2. The number of thioether (sulfide) groups is 1. The second-order valence-electron chi connectivity index (χ2n) is 4.91. The van der Waals surface area contributed by atoms with E-state index in [0.717, 1.165) is 11.8 Å². The van der Waals surface area contributed by atoms with Gasteiger partial charge in [-0.1, -0.05) is 30.3 Å². The monoisotopic (exact) mass is 362 g/mol. The van der Waals surface area contributed by atoms with Crippen LogP contribution < -0.4 is 10.9 Å². The second-order valence-corrected chi connectivity index (χ2v) is 6.68. The van der Waals surface area contributed by atoms with Crippen molar-refractivity contribution < 1.29 is 4.79 Å². The number of nitrogens with zero attached hydrogens (tertiary/aromatic N) is 2. The molecule has 0 unspecified atom stereocenters. The van der Waals surface area contributed by atoms with Crippen molar-refractivity contribution in [2.75, 3.05) is 5.32 Å². The Morgan fingerprint density at radius 3 is 2.71 bits per heavy atom. The summed E-state index contributed by atoms with van der Waals surface area (Å²) in [5.74, 6) is -0.229. The SMILES string of the molecule is CCc1nc(S[C@@H](C)C(=O)Nc2ccc(Cl)cc2)[nH]c(=O)c1C#N. The Hall–Kier alpha value is -2.30. The molecule has 0 bridgehead atoms. The van der Waals surface area contributed by atoms with Crippen LogP contribution >= 0.6 is 23.4 Å². The molecule has 0 aliphatic carbocycles. The number of benzene rings is 1. The highest BCUT2D eigenvalue weighted by Gasteiger charge is 2.18. The van der Waals surface area contributed by atoms with Gasteiger partial charge in [-0.2, -0.15) is 5.26 Å². The van der Waals surface area contributed by atoms with E-state index in [2.05, 4.69) is 15.3 Å². The maximum absolute atomic E-state index is 12.2. The summed E-state index contributed by atoms with van der Waals surface area (Å²) in [4.78, 5) is 30.9. The van der Waals surface area contributed by atoms with E-state index in [9.17, 15) is 9.59 Å². The zero-order chi connectivity index (χ0) is 17.7. The number of hydrogen-bond acceptors (Lipinski definition) is 5. The Labute approximate surface area is 148 Å². The molecule has 0 radical (unpaired) electrons. The number of rotatable bonds is 5. The fourth-order valence-electron chi connectivity index (χ4n) is 1.92. The maximum Gasteiger partial charge on any atom is 0.269 e. The van der Waals surface area contributed by atoms with Gasteiger partial charge in [0.2, 0.25) is 5.91 Å². The summed E-state index contributed by atoms with van der Waals surface area (Å²) >= 11 is 6.93. The summed E-state index contributed by atoms with van der Waals surface area (Å²) in [6.07, 6.45) is 0.464. The van der Waals surface area contributed by atoms with Crippen molar-refractivity contribution in [2.24, 2.45) is 0 Å². The van der Waals surface area contributed by atoms with Crippen LogP contribution in [0.2, 0.25) is 5.02 Å². The van der Waals surface area contributed by atoms with E-state index in [1.54, 1.807) is 31.2 Å². The Morgan fingerprint density at radius 1 is 1.46 bits per heavy atom. The fraction of sp³-hybridized carbons (Fsp3) is 0.250. The molecule has 24 heavy (non-hydrogen) atoms. The Bertz CT molecular complexity index is 843. The zero-order valence-electron chi connectivity index (χ0n) is 13.1. The van der Waals surface area contributed by atoms with Gasteiger partial charge in [0.1, 0.15) is 11.6 Å². The van der Waals surface area contributed by atoms with Gasteiger partial charge in [-0.25, -0.2) is 4.98 Å². The molecule has 0 aliphatic rings. The van der Waals surface area contributed by atoms with Gasteiger partial charge >= 0.3 is 0 Å². The van der Waals surface area contributed by atoms with Crippen LogP contribution in [0.5, 0.6) is 0 Å². The number of H-pyrrole nitrogens is 1. The summed E-state index contributed by atoms with van der Waals surface area (Å²) in [6.45, 7) is 3.52. The van der Waals surface area contributed by atoms with Crippen LogP contribution in [0.1, 0.15) is 25.1 Å². The third-order valence-electron chi connectivity index (χ3n) is 3.19. The minimum Gasteiger partial charge on any atom is -0.325 e. The number of aromatic amines is 1. The van der Waals surface area contributed by atoms with Crippen molar-refractivity contribution in [2.45, 2.75) is 30.7 Å². The molecule has 1 aromatic heterocycles. The highest BCUT2D eigenvalue weighted by Crippen LogP contribution is 2.21. The first-order valence-corrected chi connectivity index (χ1v) is 8.46. The Kier molecular flexibility index (Phi) is 6.01. The molecule has 2 aromatic rings. The minimum absolute atomic E-state index is 0.0140. The van der Waals surface area contributed by atoms with Crippen LogP contribution in [-0.2, 0) is 11.2 Å². The van der Waals surface area contributed by atoms with Gasteiger partial charge in [-0.15, -0.1) is 0 Å². The van der Waals surface area contributed by atoms with Crippen molar-refractivity contribution in [1.29, 1.82) is 5.26 Å². The minimum atomic E-state index is -0.489. The van der Waals surface area contributed by atoms with Crippen molar-refractivity contribution in [3.8, 4) is 6.07 Å². The lowest BCUT2D eigenvalue weighted by molar-refractivity contribution is -0.115. The number of carbonyl (C=O) groups is 1. The maximum atomic E-state index is 12.2. The van der Waals surface area contributed by atoms with Gasteiger partial charge in [0.25, 0.3) is 5.56 Å². The van der Waals surface area contributed by atoms with Crippen LogP contribution in [0.4, 0.5) is 5.69 Å². The summed E-state index contributed by atoms with van der Waals surface area (Å²) in [5, 5.41) is 12.2. The topological polar surface area (TPSA) is 98.6 Å². The average molecular weight is 363 g/mol. The zero-order valence-corrected chi connectivity index (χ0v) is 14.7. The molecule has 1 amide bonds. The first kappa shape index (κ1) is 18.0. The average Bonchev–Trinajstić information content (AvgIpc) is 2.56. The van der Waals surface area contributed by atoms with Crippen molar-refractivity contribution >= 4 is 35.0 Å². The van der Waals surface area contributed by atoms with Gasteiger partial charge in [0.05, 0.1) is 10.9 Å². The van der Waals surface area contributed by atoms with Gasteiger partial charge in [-0.05, 0) is 37.6 Å². The second kappa shape index (κ2) is 7.99. The Morgan fingerprint density at radius 2 is 2.12 bits per heavy atom. The number of halogens is 1. The van der Waals surface area contributed by atoms with E-state index in [4.69, 9.17) is 16.9 Å². The number of nitriles is 1. The summed E-state index contributed by atoms with van der Waals surface area (Å²) in [6, 6.07) is 8.62. The fourth-order valence-corrected chi connectivity index (χ4v) is 2.86. The van der Waals surface area contributed by atoms with Crippen molar-refractivity contribution in [3.63, 3.8) is 0 Å². The lowest BCUT2D eigenvalue weighted by Gasteiger charge is -2.12. The predicted octanol–water partition coefficient (Wildman–Crippen LogP) is 2.98. The number of amides is 1. The highest BCUT2D eigenvalue weighted by molar-refractivity contribution is 8.00. The summed E-state index contributed by atoms with van der Waals surface area (Å²) in [7, 11) is 0. The molecule has 0 saturated heterocycles. The molecule has 1 atom stereocenters. The van der Waals surface area contributed by atoms with E-state index in [0.29, 0.717) is 28.0 Å². The van der Waals surface area contributed by atoms with E-state index >= 15 is 0 Å². The molecule has 8 heteroatoms. The first-order chi connectivity index (χ1) is 11.4. The molecule has 0 spiro atoms. The largest absolute Gasteiger partial charge is 0.325 e. The van der Waals surface area contributed by atoms with Crippen LogP contribution in [0.3, 0.4) is 0 Å². The van der Waals surface area contributed by atoms with Crippen LogP contribution in [0.25, 0.3) is 0 Å². The third kappa shape index (κ3) is 4.37. The number of carbonyl (C=O) groups excluding carboxylic acids is 1. The summed E-state index contributed by atoms with van der Waals surface area (Å²) < 4.78 is 0. The molecular weight excluding hydrogens is 348 g/mol. The third-order valence-corrected chi connectivity index (χ3v) is 4.42. The first-order valence-electron chi connectivity index (χ1n) is 7.21.